The zero-order valence-corrected chi connectivity index (χ0v) is 21.0. The number of carbonyl (C=O) groups is 3. The van der Waals surface area contributed by atoms with E-state index in [-0.39, 0.29) is 23.6 Å². The minimum absolute atomic E-state index is 0.0286. The largest absolute Gasteiger partial charge is 0.339 e. The van der Waals surface area contributed by atoms with E-state index in [9.17, 15) is 14.4 Å². The minimum atomic E-state index is -0.449. The molecule has 186 valence electrons. The van der Waals surface area contributed by atoms with Gasteiger partial charge >= 0.3 is 0 Å². The molecule has 1 saturated heterocycles. The van der Waals surface area contributed by atoms with Gasteiger partial charge in [0, 0.05) is 52.0 Å². The van der Waals surface area contributed by atoms with Crippen LogP contribution in [0.25, 0.3) is 0 Å². The van der Waals surface area contributed by atoms with Crippen molar-refractivity contribution in [3.8, 4) is 0 Å². The molecule has 0 bridgehead atoms. The van der Waals surface area contributed by atoms with Crippen LogP contribution in [0.15, 0.2) is 24.3 Å². The molecule has 3 aliphatic rings. The molecule has 0 radical (unpaired) electrons. The van der Waals surface area contributed by atoms with Crippen LogP contribution in [0.1, 0.15) is 76.3 Å². The van der Waals surface area contributed by atoms with Crippen LogP contribution in [0.2, 0.25) is 0 Å². The summed E-state index contributed by atoms with van der Waals surface area (Å²) in [6.07, 6.45) is 9.16. The number of nitrogens with zero attached hydrogens (tertiary/aromatic N) is 3. The molecule has 3 amide bonds. The van der Waals surface area contributed by atoms with Gasteiger partial charge in [-0.25, -0.2) is 0 Å². The summed E-state index contributed by atoms with van der Waals surface area (Å²) in [5, 5.41) is 0. The molecule has 1 aromatic rings. The first-order valence-corrected chi connectivity index (χ1v) is 13.3. The predicted molar refractivity (Wildman–Crippen MR) is 133 cm³/mol. The van der Waals surface area contributed by atoms with E-state index in [1.165, 1.54) is 32.1 Å². The molecule has 6 heteroatoms. The highest BCUT2D eigenvalue weighted by atomic mass is 16.2. The third-order valence-electron chi connectivity index (χ3n) is 7.87. The van der Waals surface area contributed by atoms with Gasteiger partial charge in [-0.15, -0.1) is 0 Å². The van der Waals surface area contributed by atoms with Crippen molar-refractivity contribution in [1.29, 1.82) is 0 Å². The third-order valence-corrected chi connectivity index (χ3v) is 7.87. The van der Waals surface area contributed by atoms with Crippen molar-refractivity contribution in [1.82, 2.24) is 14.7 Å². The van der Waals surface area contributed by atoms with E-state index in [1.54, 1.807) is 4.90 Å². The quantitative estimate of drug-likeness (QED) is 0.635. The molecule has 2 fully saturated rings. The van der Waals surface area contributed by atoms with Crippen LogP contribution in [0.5, 0.6) is 0 Å². The van der Waals surface area contributed by atoms with Crippen molar-refractivity contribution >= 4 is 17.7 Å². The van der Waals surface area contributed by atoms with Gasteiger partial charge in [0.15, 0.2) is 0 Å². The molecule has 1 aromatic carbocycles. The van der Waals surface area contributed by atoms with E-state index in [4.69, 9.17) is 0 Å². The second-order valence-corrected chi connectivity index (χ2v) is 10.9. The normalized spacial score (nSPS) is 21.5. The lowest BCUT2D eigenvalue weighted by Crippen LogP contribution is -2.58. The summed E-state index contributed by atoms with van der Waals surface area (Å²) in [5.74, 6) is 1.28. The highest BCUT2D eigenvalue weighted by Gasteiger charge is 2.38. The molecule has 2 aliphatic heterocycles. The first kappa shape index (κ1) is 24.7. The van der Waals surface area contributed by atoms with Crippen molar-refractivity contribution in [3.05, 3.63) is 35.4 Å². The molecule has 0 spiro atoms. The summed E-state index contributed by atoms with van der Waals surface area (Å²) in [6.45, 7) is 6.87. The van der Waals surface area contributed by atoms with Crippen molar-refractivity contribution in [2.24, 2.45) is 11.8 Å². The Balaban J connectivity index is 1.34. The number of hydrogen-bond donors (Lipinski definition) is 0. The molecule has 1 atom stereocenters. The van der Waals surface area contributed by atoms with E-state index in [0.717, 1.165) is 17.5 Å². The Morgan fingerprint density at radius 2 is 1.53 bits per heavy atom. The first-order valence-electron chi connectivity index (χ1n) is 13.3. The second-order valence-electron chi connectivity index (χ2n) is 10.9. The van der Waals surface area contributed by atoms with Crippen molar-refractivity contribution < 1.29 is 14.4 Å². The Morgan fingerprint density at radius 1 is 0.882 bits per heavy atom. The monoisotopic (exact) mass is 467 g/mol. The summed E-state index contributed by atoms with van der Waals surface area (Å²) >= 11 is 0. The number of carbonyl (C=O) groups excluding carboxylic acids is 3. The van der Waals surface area contributed by atoms with Crippen LogP contribution in [0.4, 0.5) is 0 Å². The Labute approximate surface area is 204 Å². The maximum atomic E-state index is 13.6. The fraction of sp³-hybridized carbons (Fsp3) is 0.679. The molecule has 34 heavy (non-hydrogen) atoms. The molecule has 1 saturated carbocycles. The number of benzene rings is 1. The van der Waals surface area contributed by atoms with E-state index in [0.29, 0.717) is 57.9 Å². The average molecular weight is 468 g/mol. The van der Waals surface area contributed by atoms with Gasteiger partial charge in [0.1, 0.15) is 6.04 Å². The molecule has 0 N–H and O–H groups in total. The van der Waals surface area contributed by atoms with Crippen molar-refractivity contribution in [2.75, 3.05) is 26.2 Å². The number of rotatable bonds is 6. The summed E-state index contributed by atoms with van der Waals surface area (Å²) in [6, 6.07) is 7.68. The topological polar surface area (TPSA) is 60.9 Å². The molecular weight excluding hydrogens is 426 g/mol. The lowest BCUT2D eigenvalue weighted by molar-refractivity contribution is -0.149. The van der Waals surface area contributed by atoms with Crippen LogP contribution >= 0.6 is 0 Å². The Bertz CT molecular complexity index is 869. The molecule has 0 aromatic heterocycles. The summed E-state index contributed by atoms with van der Waals surface area (Å²) in [5.41, 5.74) is 2.29. The van der Waals surface area contributed by atoms with Crippen LogP contribution in [-0.4, -0.2) is 64.6 Å². The number of amides is 3. The molecule has 2 heterocycles. The summed E-state index contributed by atoms with van der Waals surface area (Å²) in [7, 11) is 0. The van der Waals surface area contributed by atoms with Gasteiger partial charge < -0.3 is 14.7 Å². The van der Waals surface area contributed by atoms with Crippen molar-refractivity contribution in [3.63, 3.8) is 0 Å². The van der Waals surface area contributed by atoms with E-state index >= 15 is 0 Å². The lowest BCUT2D eigenvalue weighted by atomic mass is 9.86. The van der Waals surface area contributed by atoms with Crippen LogP contribution in [0.3, 0.4) is 0 Å². The fourth-order valence-corrected chi connectivity index (χ4v) is 5.82. The van der Waals surface area contributed by atoms with Crippen LogP contribution in [-0.2, 0) is 27.3 Å². The van der Waals surface area contributed by atoms with Gasteiger partial charge in [-0.2, -0.15) is 0 Å². The zero-order valence-electron chi connectivity index (χ0n) is 21.0. The van der Waals surface area contributed by atoms with E-state index < -0.39 is 6.04 Å². The fourth-order valence-electron chi connectivity index (χ4n) is 5.82. The van der Waals surface area contributed by atoms with Gasteiger partial charge in [-0.1, -0.05) is 70.2 Å². The highest BCUT2D eigenvalue weighted by molar-refractivity contribution is 5.89. The first-order chi connectivity index (χ1) is 16.4. The Kier molecular flexibility index (Phi) is 8.28. The van der Waals surface area contributed by atoms with Gasteiger partial charge in [0.05, 0.1) is 0 Å². The lowest BCUT2D eigenvalue weighted by Gasteiger charge is -2.41. The smallest absolute Gasteiger partial charge is 0.245 e. The summed E-state index contributed by atoms with van der Waals surface area (Å²) < 4.78 is 0. The maximum Gasteiger partial charge on any atom is 0.245 e. The Morgan fingerprint density at radius 3 is 2.21 bits per heavy atom. The zero-order chi connectivity index (χ0) is 24.1. The SMILES string of the molecule is CC(C)CC(=O)N1Cc2ccccc2CC1C(=O)N1CCN(C(=O)CCC2CCCCC2)CC1. The third kappa shape index (κ3) is 6.00. The molecule has 6 nitrogen and oxygen atoms in total. The van der Waals surface area contributed by atoms with E-state index in [2.05, 4.69) is 12.1 Å². The molecular formula is C28H41N3O3. The highest BCUT2D eigenvalue weighted by Crippen LogP contribution is 2.28. The molecule has 4 rings (SSSR count). The minimum Gasteiger partial charge on any atom is -0.339 e. The predicted octanol–water partition coefficient (Wildman–Crippen LogP) is 4.02. The number of hydrogen-bond acceptors (Lipinski definition) is 3. The van der Waals surface area contributed by atoms with Gasteiger partial charge in [-0.05, 0) is 29.4 Å². The maximum absolute atomic E-state index is 13.6. The van der Waals surface area contributed by atoms with Crippen molar-refractivity contribution in [2.45, 2.75) is 84.2 Å². The molecule has 1 unspecified atom stereocenters. The standard InChI is InChI=1S/C28H41N3O3/c1-21(2)18-27(33)31-20-24-11-7-6-10-23(24)19-25(31)28(34)30-16-14-29(15-17-30)26(32)13-12-22-8-4-3-5-9-22/h6-7,10-11,21-22,25H,3-5,8-9,12-20H2,1-2H3. The number of piperazine rings is 1. The van der Waals surface area contributed by atoms with Gasteiger partial charge in [-0.3, -0.25) is 14.4 Å². The van der Waals surface area contributed by atoms with Crippen LogP contribution < -0.4 is 0 Å². The molecule has 1 aliphatic carbocycles. The van der Waals surface area contributed by atoms with Crippen LogP contribution in [0, 0.1) is 11.8 Å². The number of fused-ring (bicyclic) bond motifs is 1. The Hall–Kier alpha value is -2.37. The summed E-state index contributed by atoms with van der Waals surface area (Å²) in [4.78, 5) is 45.0. The van der Waals surface area contributed by atoms with E-state index in [1.807, 2.05) is 35.8 Å². The van der Waals surface area contributed by atoms with Gasteiger partial charge in [0.2, 0.25) is 17.7 Å². The van der Waals surface area contributed by atoms with Gasteiger partial charge in [0.25, 0.3) is 0 Å². The average Bonchev–Trinajstić information content (AvgIpc) is 2.86. The second kappa shape index (κ2) is 11.4.